The predicted molar refractivity (Wildman–Crippen MR) is 77.3 cm³/mol. The maximum absolute atomic E-state index is 12.1. The van der Waals surface area contributed by atoms with Gasteiger partial charge in [-0.15, -0.1) is 0 Å². The third-order valence-corrected chi connectivity index (χ3v) is 3.40. The number of rotatable bonds is 4. The number of halogens is 2. The van der Waals surface area contributed by atoms with Gasteiger partial charge in [0.1, 0.15) is 6.04 Å². The van der Waals surface area contributed by atoms with Crippen molar-refractivity contribution in [1.82, 2.24) is 5.32 Å². The number of amides is 1. The second-order valence-electron chi connectivity index (χ2n) is 4.34. The summed E-state index contributed by atoms with van der Waals surface area (Å²) >= 11 is 9.24. The number of carbonyl (C=O) groups excluding carboxylic acids is 2. The van der Waals surface area contributed by atoms with Crippen LogP contribution in [0, 0.1) is 5.92 Å². The standard InChI is InChI=1S/C13H15BrClNO3/c1-7(2)11(13(18)19-3)16-12(17)9-6-8(14)4-5-10(9)15/h4-7,11H,1-3H3,(H,16,17)/t11-/m0/s1. The lowest BCUT2D eigenvalue weighted by Gasteiger charge is -2.20. The molecule has 0 aromatic heterocycles. The first-order chi connectivity index (χ1) is 8.86. The van der Waals surface area contributed by atoms with Crippen LogP contribution in [0.15, 0.2) is 22.7 Å². The summed E-state index contributed by atoms with van der Waals surface area (Å²) in [5.41, 5.74) is 0.311. The van der Waals surface area contributed by atoms with Gasteiger partial charge in [0.2, 0.25) is 0 Å². The molecular formula is C13H15BrClNO3. The fraction of sp³-hybridized carbons (Fsp3) is 0.385. The Balaban J connectivity index is 2.94. The molecule has 0 aliphatic heterocycles. The van der Waals surface area contributed by atoms with Crippen molar-refractivity contribution in [3.05, 3.63) is 33.3 Å². The zero-order chi connectivity index (χ0) is 14.6. The first-order valence-electron chi connectivity index (χ1n) is 5.70. The Morgan fingerprint density at radius 1 is 1.37 bits per heavy atom. The van der Waals surface area contributed by atoms with Gasteiger partial charge in [-0.05, 0) is 24.1 Å². The largest absolute Gasteiger partial charge is 0.467 e. The minimum absolute atomic E-state index is 0.0812. The number of esters is 1. The smallest absolute Gasteiger partial charge is 0.328 e. The van der Waals surface area contributed by atoms with Gasteiger partial charge in [-0.1, -0.05) is 41.4 Å². The van der Waals surface area contributed by atoms with Crippen LogP contribution in [0.2, 0.25) is 5.02 Å². The number of hydrogen-bond donors (Lipinski definition) is 1. The van der Waals surface area contributed by atoms with E-state index in [2.05, 4.69) is 26.0 Å². The highest BCUT2D eigenvalue weighted by Crippen LogP contribution is 2.21. The second-order valence-corrected chi connectivity index (χ2v) is 5.67. The molecule has 0 radical (unpaired) electrons. The lowest BCUT2D eigenvalue weighted by atomic mass is 10.0. The van der Waals surface area contributed by atoms with Gasteiger partial charge in [-0.2, -0.15) is 0 Å². The van der Waals surface area contributed by atoms with E-state index in [0.717, 1.165) is 4.47 Å². The average molecular weight is 349 g/mol. The quantitative estimate of drug-likeness (QED) is 0.851. The van der Waals surface area contributed by atoms with Gasteiger partial charge in [-0.3, -0.25) is 4.79 Å². The molecule has 1 aromatic carbocycles. The molecule has 0 bridgehead atoms. The van der Waals surface area contributed by atoms with Crippen LogP contribution < -0.4 is 5.32 Å². The highest BCUT2D eigenvalue weighted by molar-refractivity contribution is 9.10. The zero-order valence-electron chi connectivity index (χ0n) is 10.9. The van der Waals surface area contributed by atoms with Crippen LogP contribution in [0.4, 0.5) is 0 Å². The molecule has 4 nitrogen and oxygen atoms in total. The van der Waals surface area contributed by atoms with Crippen LogP contribution in [-0.4, -0.2) is 25.0 Å². The summed E-state index contributed by atoms with van der Waals surface area (Å²) in [5.74, 6) is -0.966. The van der Waals surface area contributed by atoms with Crippen LogP contribution in [-0.2, 0) is 9.53 Å². The van der Waals surface area contributed by atoms with Crippen molar-refractivity contribution in [2.45, 2.75) is 19.9 Å². The normalized spacial score (nSPS) is 12.1. The molecule has 0 aliphatic carbocycles. The van der Waals surface area contributed by atoms with Crippen molar-refractivity contribution < 1.29 is 14.3 Å². The number of ether oxygens (including phenoxy) is 1. The van der Waals surface area contributed by atoms with Crippen LogP contribution in [0.5, 0.6) is 0 Å². The molecule has 0 fully saturated rings. The van der Waals surface area contributed by atoms with Gasteiger partial charge in [0.05, 0.1) is 17.7 Å². The molecule has 0 saturated carbocycles. The maximum atomic E-state index is 12.1. The Morgan fingerprint density at radius 2 is 2.00 bits per heavy atom. The van der Waals surface area contributed by atoms with Crippen molar-refractivity contribution >= 4 is 39.4 Å². The van der Waals surface area contributed by atoms with Gasteiger partial charge >= 0.3 is 5.97 Å². The van der Waals surface area contributed by atoms with Crippen LogP contribution in [0.1, 0.15) is 24.2 Å². The molecule has 1 atom stereocenters. The van der Waals surface area contributed by atoms with Crippen LogP contribution in [0.3, 0.4) is 0 Å². The fourth-order valence-corrected chi connectivity index (χ4v) is 2.08. The van der Waals surface area contributed by atoms with Crippen molar-refractivity contribution in [3.63, 3.8) is 0 Å². The Morgan fingerprint density at radius 3 is 2.53 bits per heavy atom. The Bertz CT molecular complexity index is 491. The highest BCUT2D eigenvalue weighted by atomic mass is 79.9. The summed E-state index contributed by atoms with van der Waals surface area (Å²) in [6.45, 7) is 3.65. The Hall–Kier alpha value is -1.07. The number of nitrogens with one attached hydrogen (secondary N) is 1. The average Bonchev–Trinajstić information content (AvgIpc) is 2.37. The molecule has 1 N–H and O–H groups in total. The predicted octanol–water partition coefficient (Wildman–Crippen LogP) is 3.03. The molecule has 0 aliphatic rings. The van der Waals surface area contributed by atoms with Gasteiger partial charge in [-0.25, -0.2) is 4.79 Å². The summed E-state index contributed by atoms with van der Waals surface area (Å²) in [5, 5.41) is 2.96. The maximum Gasteiger partial charge on any atom is 0.328 e. The lowest BCUT2D eigenvalue weighted by molar-refractivity contribution is -0.144. The van der Waals surface area contributed by atoms with E-state index in [9.17, 15) is 9.59 Å². The van der Waals surface area contributed by atoms with E-state index in [-0.39, 0.29) is 5.92 Å². The van der Waals surface area contributed by atoms with Gasteiger partial charge in [0.25, 0.3) is 5.91 Å². The highest BCUT2D eigenvalue weighted by Gasteiger charge is 2.26. The number of methoxy groups -OCH3 is 1. The summed E-state index contributed by atoms with van der Waals surface area (Å²) < 4.78 is 5.41. The Labute approximate surface area is 125 Å². The van der Waals surface area contributed by atoms with E-state index in [1.54, 1.807) is 18.2 Å². The molecule has 104 valence electrons. The molecule has 1 amide bonds. The molecule has 0 spiro atoms. The molecule has 0 heterocycles. The summed E-state index contributed by atoms with van der Waals surface area (Å²) in [6, 6.07) is 4.25. The van der Waals surface area contributed by atoms with Gasteiger partial charge in [0.15, 0.2) is 0 Å². The zero-order valence-corrected chi connectivity index (χ0v) is 13.2. The van der Waals surface area contributed by atoms with E-state index < -0.39 is 17.9 Å². The molecule has 19 heavy (non-hydrogen) atoms. The van der Waals surface area contributed by atoms with Crippen molar-refractivity contribution in [2.75, 3.05) is 7.11 Å². The molecule has 0 unspecified atom stereocenters. The molecule has 1 aromatic rings. The van der Waals surface area contributed by atoms with E-state index in [4.69, 9.17) is 11.6 Å². The van der Waals surface area contributed by atoms with E-state index in [1.165, 1.54) is 7.11 Å². The molecular weight excluding hydrogens is 334 g/mol. The van der Waals surface area contributed by atoms with Crippen molar-refractivity contribution in [1.29, 1.82) is 0 Å². The number of hydrogen-bond acceptors (Lipinski definition) is 3. The summed E-state index contributed by atoms with van der Waals surface area (Å²) in [7, 11) is 1.29. The molecule has 1 rings (SSSR count). The van der Waals surface area contributed by atoms with Gasteiger partial charge < -0.3 is 10.1 Å². The SMILES string of the molecule is COC(=O)[C@@H](NC(=O)c1cc(Br)ccc1Cl)C(C)C. The fourth-order valence-electron chi connectivity index (χ4n) is 1.52. The van der Waals surface area contributed by atoms with Crippen LogP contribution in [0.25, 0.3) is 0 Å². The first-order valence-corrected chi connectivity index (χ1v) is 6.87. The minimum atomic E-state index is -0.701. The molecule has 0 saturated heterocycles. The summed E-state index contributed by atoms with van der Waals surface area (Å²) in [6.07, 6.45) is 0. The summed E-state index contributed by atoms with van der Waals surface area (Å²) in [4.78, 5) is 23.7. The first kappa shape index (κ1) is 16.0. The van der Waals surface area contributed by atoms with Crippen molar-refractivity contribution in [3.8, 4) is 0 Å². The lowest BCUT2D eigenvalue weighted by Crippen LogP contribution is -2.45. The monoisotopic (exact) mass is 347 g/mol. The number of benzene rings is 1. The Kier molecular flexibility index (Phi) is 5.82. The van der Waals surface area contributed by atoms with Gasteiger partial charge in [0, 0.05) is 4.47 Å². The number of carbonyl (C=O) groups is 2. The van der Waals surface area contributed by atoms with E-state index >= 15 is 0 Å². The topological polar surface area (TPSA) is 55.4 Å². The second kappa shape index (κ2) is 6.91. The van der Waals surface area contributed by atoms with Crippen LogP contribution >= 0.6 is 27.5 Å². The van der Waals surface area contributed by atoms with E-state index in [1.807, 2.05) is 13.8 Å². The third kappa shape index (κ3) is 4.21. The minimum Gasteiger partial charge on any atom is -0.467 e. The molecule has 6 heteroatoms. The van der Waals surface area contributed by atoms with Crippen molar-refractivity contribution in [2.24, 2.45) is 5.92 Å². The van der Waals surface area contributed by atoms with E-state index in [0.29, 0.717) is 10.6 Å². The third-order valence-electron chi connectivity index (χ3n) is 2.58.